The van der Waals surface area contributed by atoms with Crippen LogP contribution in [0.4, 0.5) is 0 Å². The molecule has 5 nitrogen and oxygen atoms in total. The summed E-state index contributed by atoms with van der Waals surface area (Å²) in [5.74, 6) is 1.03. The number of hydrogen-bond donors (Lipinski definition) is 3. The Labute approximate surface area is 106 Å². The Bertz CT molecular complexity index is 483. The van der Waals surface area contributed by atoms with Crippen molar-refractivity contribution in [3.8, 4) is 11.5 Å². The van der Waals surface area contributed by atoms with Crippen molar-refractivity contribution in [3.05, 3.63) is 42.0 Å². The van der Waals surface area contributed by atoms with Gasteiger partial charge in [-0.15, -0.1) is 0 Å². The minimum absolute atomic E-state index is 0.282. The summed E-state index contributed by atoms with van der Waals surface area (Å²) in [5.41, 5.74) is 1.93. The molecule has 0 saturated heterocycles. The molecular weight excluding hydrogens is 230 g/mol. The van der Waals surface area contributed by atoms with E-state index < -0.39 is 0 Å². The third-order valence-corrected chi connectivity index (χ3v) is 2.73. The average molecular weight is 247 g/mol. The molecule has 2 aromatic rings. The van der Waals surface area contributed by atoms with Crippen molar-refractivity contribution in [2.24, 2.45) is 0 Å². The summed E-state index contributed by atoms with van der Waals surface area (Å²) in [7, 11) is 1.61. The first kappa shape index (κ1) is 12.4. The number of aromatic hydroxyl groups is 1. The lowest BCUT2D eigenvalue weighted by molar-refractivity contribution is 0.410. The number of aromatic nitrogens is 2. The molecule has 3 N–H and O–H groups in total. The van der Waals surface area contributed by atoms with Gasteiger partial charge in [0.25, 0.3) is 0 Å². The molecule has 0 amide bonds. The van der Waals surface area contributed by atoms with Crippen molar-refractivity contribution in [1.82, 2.24) is 15.3 Å². The van der Waals surface area contributed by atoms with Crippen LogP contribution in [0.2, 0.25) is 0 Å². The smallest absolute Gasteiger partial charge is 0.120 e. The largest absolute Gasteiger partial charge is 0.508 e. The minimum atomic E-state index is 0.282. The van der Waals surface area contributed by atoms with Gasteiger partial charge in [-0.05, 0) is 18.2 Å². The molecule has 1 heterocycles. The minimum Gasteiger partial charge on any atom is -0.508 e. The first-order valence-electron chi connectivity index (χ1n) is 5.83. The van der Waals surface area contributed by atoms with Crippen molar-refractivity contribution < 1.29 is 9.84 Å². The first-order valence-corrected chi connectivity index (χ1v) is 5.83. The molecule has 0 fully saturated rings. The number of aromatic amines is 1. The Morgan fingerprint density at radius 1 is 1.44 bits per heavy atom. The lowest BCUT2D eigenvalue weighted by Crippen LogP contribution is -2.16. The van der Waals surface area contributed by atoms with Crippen LogP contribution >= 0.6 is 0 Å². The molecule has 0 aliphatic carbocycles. The molecule has 0 unspecified atom stereocenters. The van der Waals surface area contributed by atoms with Gasteiger partial charge in [-0.3, -0.25) is 0 Å². The van der Waals surface area contributed by atoms with Crippen molar-refractivity contribution in [2.75, 3.05) is 13.7 Å². The second kappa shape index (κ2) is 6.07. The molecule has 0 saturated carbocycles. The molecule has 0 spiro atoms. The van der Waals surface area contributed by atoms with E-state index in [-0.39, 0.29) is 5.75 Å². The van der Waals surface area contributed by atoms with Crippen LogP contribution in [0, 0.1) is 0 Å². The first-order chi connectivity index (χ1) is 8.79. The zero-order chi connectivity index (χ0) is 12.8. The molecule has 1 aromatic carbocycles. The van der Waals surface area contributed by atoms with Crippen LogP contribution in [0.3, 0.4) is 0 Å². The Balaban J connectivity index is 1.82. The molecule has 1 aromatic heterocycles. The maximum absolute atomic E-state index is 9.70. The normalized spacial score (nSPS) is 10.5. The number of phenolic OH excluding ortho intramolecular Hbond substituents is 1. The van der Waals surface area contributed by atoms with Gasteiger partial charge in [0.05, 0.1) is 13.4 Å². The van der Waals surface area contributed by atoms with Crippen LogP contribution in [-0.4, -0.2) is 28.7 Å². The SMILES string of the molecule is COc1ccc(O)c(CNCCc2cnc[nH]2)c1. The molecule has 0 bridgehead atoms. The molecular formula is C13H17N3O2. The maximum Gasteiger partial charge on any atom is 0.120 e. The predicted octanol–water partition coefficient (Wildman–Crippen LogP) is 1.46. The van der Waals surface area contributed by atoms with Gasteiger partial charge in [-0.1, -0.05) is 0 Å². The highest BCUT2D eigenvalue weighted by Gasteiger charge is 2.03. The number of benzene rings is 1. The second-order valence-corrected chi connectivity index (χ2v) is 4.00. The molecule has 96 valence electrons. The van der Waals surface area contributed by atoms with Gasteiger partial charge in [0.2, 0.25) is 0 Å². The number of nitrogens with zero attached hydrogens (tertiary/aromatic N) is 1. The predicted molar refractivity (Wildman–Crippen MR) is 68.7 cm³/mol. The van der Waals surface area contributed by atoms with Crippen molar-refractivity contribution >= 4 is 0 Å². The Morgan fingerprint density at radius 3 is 3.06 bits per heavy atom. The Kier molecular flexibility index (Phi) is 4.20. The molecule has 0 atom stereocenters. The summed E-state index contributed by atoms with van der Waals surface area (Å²) < 4.78 is 5.12. The molecule has 0 radical (unpaired) electrons. The number of imidazole rings is 1. The lowest BCUT2D eigenvalue weighted by Gasteiger charge is -2.08. The van der Waals surface area contributed by atoms with E-state index in [1.807, 2.05) is 12.3 Å². The van der Waals surface area contributed by atoms with Gasteiger partial charge in [0, 0.05) is 37.0 Å². The van der Waals surface area contributed by atoms with Crippen molar-refractivity contribution in [1.29, 1.82) is 0 Å². The van der Waals surface area contributed by atoms with E-state index in [0.717, 1.165) is 30.0 Å². The van der Waals surface area contributed by atoms with E-state index in [2.05, 4.69) is 15.3 Å². The number of methoxy groups -OCH3 is 1. The fourth-order valence-corrected chi connectivity index (χ4v) is 1.70. The number of phenols is 1. The number of rotatable bonds is 6. The van der Waals surface area contributed by atoms with E-state index >= 15 is 0 Å². The number of hydrogen-bond acceptors (Lipinski definition) is 4. The van der Waals surface area contributed by atoms with Crippen LogP contribution in [0.25, 0.3) is 0 Å². The summed E-state index contributed by atoms with van der Waals surface area (Å²) >= 11 is 0. The zero-order valence-corrected chi connectivity index (χ0v) is 10.3. The van der Waals surface area contributed by atoms with E-state index in [4.69, 9.17) is 4.74 Å². The van der Waals surface area contributed by atoms with Gasteiger partial charge in [0.15, 0.2) is 0 Å². The van der Waals surface area contributed by atoms with Crippen LogP contribution in [0.5, 0.6) is 11.5 Å². The number of nitrogens with one attached hydrogen (secondary N) is 2. The van der Waals surface area contributed by atoms with Crippen molar-refractivity contribution in [3.63, 3.8) is 0 Å². The molecule has 0 aliphatic rings. The zero-order valence-electron chi connectivity index (χ0n) is 10.3. The topological polar surface area (TPSA) is 70.2 Å². The Hall–Kier alpha value is -2.01. The number of H-pyrrole nitrogens is 1. The van der Waals surface area contributed by atoms with E-state index in [1.54, 1.807) is 25.6 Å². The standard InChI is InChI=1S/C13H17N3O2/c1-18-12-2-3-13(17)10(6-12)7-14-5-4-11-8-15-9-16-11/h2-3,6,8-9,14,17H,4-5,7H2,1H3,(H,15,16). The highest BCUT2D eigenvalue weighted by molar-refractivity contribution is 5.39. The summed E-state index contributed by atoms with van der Waals surface area (Å²) in [6.07, 6.45) is 4.36. The van der Waals surface area contributed by atoms with E-state index in [1.165, 1.54) is 0 Å². The van der Waals surface area contributed by atoms with Crippen LogP contribution in [0.15, 0.2) is 30.7 Å². The summed E-state index contributed by atoms with van der Waals surface area (Å²) in [4.78, 5) is 7.00. The summed E-state index contributed by atoms with van der Waals surface area (Å²) in [5, 5.41) is 13.0. The van der Waals surface area contributed by atoms with Crippen LogP contribution in [0.1, 0.15) is 11.3 Å². The third-order valence-electron chi connectivity index (χ3n) is 2.73. The van der Waals surface area contributed by atoms with Crippen LogP contribution < -0.4 is 10.1 Å². The van der Waals surface area contributed by atoms with E-state index in [0.29, 0.717) is 6.54 Å². The molecule has 0 aliphatic heterocycles. The molecule has 5 heteroatoms. The quantitative estimate of drug-likeness (QED) is 0.676. The fraction of sp³-hybridized carbons (Fsp3) is 0.308. The average Bonchev–Trinajstić information content (AvgIpc) is 2.89. The van der Waals surface area contributed by atoms with Gasteiger partial charge in [-0.25, -0.2) is 4.98 Å². The summed E-state index contributed by atoms with van der Waals surface area (Å²) in [6, 6.07) is 5.21. The van der Waals surface area contributed by atoms with Gasteiger partial charge in [-0.2, -0.15) is 0 Å². The van der Waals surface area contributed by atoms with Crippen LogP contribution in [-0.2, 0) is 13.0 Å². The number of ether oxygens (including phenoxy) is 1. The summed E-state index contributed by atoms with van der Waals surface area (Å²) in [6.45, 7) is 1.43. The third kappa shape index (κ3) is 3.24. The Morgan fingerprint density at radius 2 is 2.33 bits per heavy atom. The van der Waals surface area contributed by atoms with Gasteiger partial charge in [0.1, 0.15) is 11.5 Å². The van der Waals surface area contributed by atoms with E-state index in [9.17, 15) is 5.11 Å². The van der Waals surface area contributed by atoms with Gasteiger partial charge < -0.3 is 20.1 Å². The monoisotopic (exact) mass is 247 g/mol. The second-order valence-electron chi connectivity index (χ2n) is 4.00. The highest BCUT2D eigenvalue weighted by atomic mass is 16.5. The highest BCUT2D eigenvalue weighted by Crippen LogP contribution is 2.22. The van der Waals surface area contributed by atoms with Gasteiger partial charge >= 0.3 is 0 Å². The van der Waals surface area contributed by atoms with Crippen molar-refractivity contribution in [2.45, 2.75) is 13.0 Å². The maximum atomic E-state index is 9.70. The lowest BCUT2D eigenvalue weighted by atomic mass is 10.2. The fourth-order valence-electron chi connectivity index (χ4n) is 1.70. The molecule has 18 heavy (non-hydrogen) atoms. The molecule has 2 rings (SSSR count).